The number of carbonyl (C=O) groups is 1. The first-order valence-electron chi connectivity index (χ1n) is 8.95. The molecule has 0 atom stereocenters. The Kier molecular flexibility index (Phi) is 5.69. The van der Waals surface area contributed by atoms with Gasteiger partial charge in [-0.2, -0.15) is 4.98 Å². The van der Waals surface area contributed by atoms with Crippen LogP contribution in [0.25, 0.3) is 0 Å². The number of aryl methyl sites for hydroxylation is 2. The zero-order chi connectivity index (χ0) is 20.3. The molecule has 2 heterocycles. The van der Waals surface area contributed by atoms with Gasteiger partial charge in [-0.25, -0.2) is 4.98 Å². The Hall–Kier alpha value is -3.27. The van der Waals surface area contributed by atoms with Crippen molar-refractivity contribution < 1.29 is 9.72 Å². The number of nitrogen functional groups attached to an aromatic ring is 1. The summed E-state index contributed by atoms with van der Waals surface area (Å²) in [6, 6.07) is 5.90. The van der Waals surface area contributed by atoms with E-state index in [0.29, 0.717) is 38.7 Å². The molecule has 1 aromatic carbocycles. The molecule has 0 unspecified atom stereocenters. The summed E-state index contributed by atoms with van der Waals surface area (Å²) in [4.78, 5) is 34.6. The molecule has 1 saturated heterocycles. The Morgan fingerprint density at radius 1 is 1.25 bits per heavy atom. The number of nitrogens with one attached hydrogen (secondary N) is 1. The molecular formula is C18H23N7O3. The molecule has 148 valence electrons. The molecule has 0 aliphatic carbocycles. The van der Waals surface area contributed by atoms with Crippen molar-refractivity contribution in [2.24, 2.45) is 0 Å². The van der Waals surface area contributed by atoms with Gasteiger partial charge in [0.25, 0.3) is 0 Å². The van der Waals surface area contributed by atoms with E-state index in [-0.39, 0.29) is 17.4 Å². The third kappa shape index (κ3) is 4.34. The minimum absolute atomic E-state index is 0.0540. The minimum Gasteiger partial charge on any atom is -0.378 e. The van der Waals surface area contributed by atoms with Gasteiger partial charge in [-0.1, -0.05) is 18.2 Å². The Morgan fingerprint density at radius 2 is 1.89 bits per heavy atom. The quantitative estimate of drug-likeness (QED) is 0.582. The Balaban J connectivity index is 1.55. The highest BCUT2D eigenvalue weighted by Gasteiger charge is 2.23. The van der Waals surface area contributed by atoms with Gasteiger partial charge in [-0.3, -0.25) is 19.8 Å². The van der Waals surface area contributed by atoms with Crippen molar-refractivity contribution in [2.75, 3.05) is 48.7 Å². The van der Waals surface area contributed by atoms with Crippen molar-refractivity contribution in [2.45, 2.75) is 13.8 Å². The normalized spacial score (nSPS) is 14.7. The second kappa shape index (κ2) is 8.17. The SMILES string of the molecule is Cc1cccc(C)c1NC(=O)CN1CCN(c2ncc([N+](=O)[O-])c(N)n2)CC1. The van der Waals surface area contributed by atoms with E-state index < -0.39 is 4.92 Å². The molecule has 1 aromatic heterocycles. The maximum atomic E-state index is 12.4. The summed E-state index contributed by atoms with van der Waals surface area (Å²) in [5, 5.41) is 13.8. The van der Waals surface area contributed by atoms with Gasteiger partial charge in [0.1, 0.15) is 6.20 Å². The molecule has 1 amide bonds. The standard InChI is InChI=1S/C18H23N7O3/c1-12-4-3-5-13(2)16(12)21-15(26)11-23-6-8-24(9-7-23)18-20-10-14(25(27)28)17(19)22-18/h3-5,10H,6-9,11H2,1-2H3,(H,21,26)(H2,19,20,22). The fourth-order valence-electron chi connectivity index (χ4n) is 3.17. The van der Waals surface area contributed by atoms with E-state index in [2.05, 4.69) is 15.3 Å². The van der Waals surface area contributed by atoms with Gasteiger partial charge >= 0.3 is 5.69 Å². The number of benzene rings is 1. The van der Waals surface area contributed by atoms with Crippen LogP contribution in [-0.2, 0) is 4.79 Å². The third-order valence-electron chi connectivity index (χ3n) is 4.75. The van der Waals surface area contributed by atoms with Crippen LogP contribution in [0.15, 0.2) is 24.4 Å². The van der Waals surface area contributed by atoms with Crippen molar-refractivity contribution >= 4 is 29.0 Å². The van der Waals surface area contributed by atoms with Gasteiger partial charge in [0.15, 0.2) is 0 Å². The van der Waals surface area contributed by atoms with Crippen LogP contribution in [-0.4, -0.2) is 58.4 Å². The number of anilines is 3. The summed E-state index contributed by atoms with van der Waals surface area (Å²) >= 11 is 0. The summed E-state index contributed by atoms with van der Waals surface area (Å²) < 4.78 is 0. The first-order valence-corrected chi connectivity index (χ1v) is 8.95. The first kappa shape index (κ1) is 19.5. The lowest BCUT2D eigenvalue weighted by Gasteiger charge is -2.34. The smallest absolute Gasteiger partial charge is 0.329 e. The number of carbonyl (C=O) groups excluding carboxylic acids is 1. The number of amides is 1. The summed E-state index contributed by atoms with van der Waals surface area (Å²) in [6.07, 6.45) is 1.13. The molecule has 0 saturated carbocycles. The zero-order valence-electron chi connectivity index (χ0n) is 15.9. The Labute approximate surface area is 162 Å². The number of piperazine rings is 1. The van der Waals surface area contributed by atoms with Gasteiger partial charge in [0, 0.05) is 31.9 Å². The van der Waals surface area contributed by atoms with Gasteiger partial charge in [-0.05, 0) is 25.0 Å². The average molecular weight is 385 g/mol. The van der Waals surface area contributed by atoms with E-state index in [1.165, 1.54) is 0 Å². The number of hydrogen-bond acceptors (Lipinski definition) is 8. The number of aromatic nitrogens is 2. The predicted octanol–water partition coefficient (Wildman–Crippen LogP) is 1.34. The lowest BCUT2D eigenvalue weighted by molar-refractivity contribution is -0.384. The molecule has 1 aliphatic rings. The van der Waals surface area contributed by atoms with Crippen molar-refractivity contribution in [1.29, 1.82) is 0 Å². The van der Waals surface area contributed by atoms with Gasteiger partial charge in [-0.15, -0.1) is 0 Å². The number of nitrogens with two attached hydrogens (primary N) is 1. The van der Waals surface area contributed by atoms with Crippen LogP contribution in [0.5, 0.6) is 0 Å². The summed E-state index contributed by atoms with van der Waals surface area (Å²) in [6.45, 7) is 6.75. The molecule has 0 bridgehead atoms. The molecular weight excluding hydrogens is 362 g/mol. The topological polar surface area (TPSA) is 131 Å². The highest BCUT2D eigenvalue weighted by molar-refractivity contribution is 5.93. The summed E-state index contributed by atoms with van der Waals surface area (Å²) in [7, 11) is 0. The lowest BCUT2D eigenvalue weighted by atomic mass is 10.1. The van der Waals surface area contributed by atoms with E-state index in [1.54, 1.807) is 0 Å². The Bertz CT molecular complexity index is 874. The van der Waals surface area contributed by atoms with Crippen LogP contribution in [0.1, 0.15) is 11.1 Å². The van der Waals surface area contributed by atoms with Crippen LogP contribution in [0.4, 0.5) is 23.1 Å². The predicted molar refractivity (Wildman–Crippen MR) is 106 cm³/mol. The largest absolute Gasteiger partial charge is 0.378 e. The number of nitrogens with zero attached hydrogens (tertiary/aromatic N) is 5. The number of hydrogen-bond donors (Lipinski definition) is 2. The van der Waals surface area contributed by atoms with Crippen molar-refractivity contribution in [3.05, 3.63) is 45.6 Å². The first-order chi connectivity index (χ1) is 13.3. The summed E-state index contributed by atoms with van der Waals surface area (Å²) in [5.41, 5.74) is 8.27. The molecule has 0 radical (unpaired) electrons. The van der Waals surface area contributed by atoms with Crippen LogP contribution >= 0.6 is 0 Å². The second-order valence-corrected chi connectivity index (χ2v) is 6.78. The van der Waals surface area contributed by atoms with Crippen LogP contribution in [0, 0.1) is 24.0 Å². The van der Waals surface area contributed by atoms with Crippen LogP contribution in [0.2, 0.25) is 0 Å². The average Bonchev–Trinajstić information content (AvgIpc) is 2.65. The van der Waals surface area contributed by atoms with Crippen molar-refractivity contribution in [3.63, 3.8) is 0 Å². The highest BCUT2D eigenvalue weighted by Crippen LogP contribution is 2.21. The molecule has 3 rings (SSSR count). The molecule has 28 heavy (non-hydrogen) atoms. The third-order valence-corrected chi connectivity index (χ3v) is 4.75. The van der Waals surface area contributed by atoms with E-state index in [4.69, 9.17) is 5.73 Å². The molecule has 0 spiro atoms. The van der Waals surface area contributed by atoms with Gasteiger partial charge < -0.3 is 16.0 Å². The van der Waals surface area contributed by atoms with Gasteiger partial charge in [0.05, 0.1) is 11.5 Å². The lowest BCUT2D eigenvalue weighted by Crippen LogP contribution is -2.49. The minimum atomic E-state index is -0.605. The van der Waals surface area contributed by atoms with Crippen LogP contribution in [0.3, 0.4) is 0 Å². The number of para-hydroxylation sites is 1. The second-order valence-electron chi connectivity index (χ2n) is 6.78. The maximum Gasteiger partial charge on any atom is 0.329 e. The monoisotopic (exact) mass is 385 g/mol. The molecule has 1 aliphatic heterocycles. The van der Waals surface area contributed by atoms with Crippen LogP contribution < -0.4 is 16.0 Å². The number of rotatable bonds is 5. The van der Waals surface area contributed by atoms with E-state index >= 15 is 0 Å². The fourth-order valence-corrected chi connectivity index (χ4v) is 3.17. The van der Waals surface area contributed by atoms with E-state index in [0.717, 1.165) is 23.0 Å². The summed E-state index contributed by atoms with van der Waals surface area (Å²) in [5.74, 6) is 0.162. The highest BCUT2D eigenvalue weighted by atomic mass is 16.6. The van der Waals surface area contributed by atoms with Gasteiger partial charge in [0.2, 0.25) is 17.7 Å². The van der Waals surface area contributed by atoms with Crippen molar-refractivity contribution in [1.82, 2.24) is 14.9 Å². The molecule has 1 fully saturated rings. The van der Waals surface area contributed by atoms with Crippen molar-refractivity contribution in [3.8, 4) is 0 Å². The zero-order valence-corrected chi connectivity index (χ0v) is 15.9. The maximum absolute atomic E-state index is 12.4. The van der Waals surface area contributed by atoms with E-state index in [1.807, 2.05) is 41.8 Å². The molecule has 10 heteroatoms. The molecule has 10 nitrogen and oxygen atoms in total. The Morgan fingerprint density at radius 3 is 2.46 bits per heavy atom. The molecule has 2 aromatic rings. The molecule has 3 N–H and O–H groups in total. The number of nitro groups is 1. The van der Waals surface area contributed by atoms with E-state index in [9.17, 15) is 14.9 Å². The fraction of sp³-hybridized carbons (Fsp3) is 0.389.